The van der Waals surface area contributed by atoms with E-state index in [1.807, 2.05) is 49.4 Å². The number of rotatable bonds is 7. The van der Waals surface area contributed by atoms with Crippen LogP contribution in [0.5, 0.6) is 5.75 Å². The summed E-state index contributed by atoms with van der Waals surface area (Å²) in [5, 5.41) is 10.4. The van der Waals surface area contributed by atoms with Crippen molar-refractivity contribution in [1.82, 2.24) is 14.8 Å². The molecule has 130 valence electrons. The van der Waals surface area contributed by atoms with Crippen molar-refractivity contribution in [3.63, 3.8) is 0 Å². The molecule has 3 rings (SSSR count). The fourth-order valence-corrected chi connectivity index (χ4v) is 3.75. The lowest BCUT2D eigenvalue weighted by Gasteiger charge is -2.11. The van der Waals surface area contributed by atoms with Gasteiger partial charge in [0.1, 0.15) is 5.75 Å². The van der Waals surface area contributed by atoms with E-state index in [1.165, 1.54) is 5.56 Å². The van der Waals surface area contributed by atoms with Crippen molar-refractivity contribution < 1.29 is 4.74 Å². The van der Waals surface area contributed by atoms with Gasteiger partial charge in [0.25, 0.3) is 0 Å². The third-order valence-corrected chi connectivity index (χ3v) is 4.99. The largest absolute Gasteiger partial charge is 0.493 e. The van der Waals surface area contributed by atoms with Crippen LogP contribution in [-0.2, 0) is 12.3 Å². The molecule has 2 aromatic carbocycles. The second kappa shape index (κ2) is 8.41. The average Bonchev–Trinajstić information content (AvgIpc) is 3.03. The molecule has 0 spiro atoms. The molecule has 0 radical (unpaired) electrons. The molecule has 0 N–H and O–H groups in total. The van der Waals surface area contributed by atoms with Crippen molar-refractivity contribution in [1.29, 1.82) is 0 Å². The van der Waals surface area contributed by atoms with Crippen molar-refractivity contribution in [2.45, 2.75) is 31.3 Å². The third-order valence-electron chi connectivity index (χ3n) is 3.72. The van der Waals surface area contributed by atoms with Gasteiger partial charge in [-0.15, -0.1) is 10.2 Å². The molecule has 0 atom stereocenters. The van der Waals surface area contributed by atoms with E-state index in [-0.39, 0.29) is 0 Å². The van der Waals surface area contributed by atoms with Crippen LogP contribution in [0.15, 0.2) is 53.7 Å². The Labute approximate surface area is 157 Å². The highest BCUT2D eigenvalue weighted by Crippen LogP contribution is 2.32. The lowest BCUT2D eigenvalue weighted by molar-refractivity contribution is 0.341. The van der Waals surface area contributed by atoms with Gasteiger partial charge in [-0.2, -0.15) is 0 Å². The monoisotopic (exact) mass is 373 g/mol. The summed E-state index contributed by atoms with van der Waals surface area (Å²) in [6.07, 6.45) is 0. The normalized spacial score (nSPS) is 10.8. The first-order valence-electron chi connectivity index (χ1n) is 8.25. The van der Waals surface area contributed by atoms with Gasteiger partial charge in [-0.05, 0) is 43.7 Å². The lowest BCUT2D eigenvalue weighted by Crippen LogP contribution is -2.02. The molecule has 0 saturated heterocycles. The number of halogens is 1. The molecule has 0 unspecified atom stereocenters. The highest BCUT2D eigenvalue weighted by atomic mass is 35.5. The van der Waals surface area contributed by atoms with E-state index in [0.29, 0.717) is 6.61 Å². The van der Waals surface area contributed by atoms with Crippen LogP contribution in [0.4, 0.5) is 0 Å². The van der Waals surface area contributed by atoms with Crippen molar-refractivity contribution in [3.05, 3.63) is 59.1 Å². The van der Waals surface area contributed by atoms with Crippen LogP contribution in [-0.4, -0.2) is 21.4 Å². The number of hydrogen-bond acceptors (Lipinski definition) is 4. The van der Waals surface area contributed by atoms with E-state index in [2.05, 4.69) is 27.8 Å². The first kappa shape index (κ1) is 17.8. The first-order chi connectivity index (χ1) is 12.2. The molecule has 3 aromatic rings. The van der Waals surface area contributed by atoms with Crippen LogP contribution in [0, 0.1) is 0 Å². The molecule has 0 saturated carbocycles. The Morgan fingerprint density at radius 1 is 1.08 bits per heavy atom. The molecule has 0 aliphatic heterocycles. The summed E-state index contributed by atoms with van der Waals surface area (Å²) < 4.78 is 7.86. The minimum atomic E-state index is 0.619. The van der Waals surface area contributed by atoms with Gasteiger partial charge in [-0.1, -0.05) is 47.6 Å². The van der Waals surface area contributed by atoms with E-state index in [9.17, 15) is 0 Å². The van der Waals surface area contributed by atoms with Gasteiger partial charge in [0.05, 0.1) is 12.2 Å². The predicted molar refractivity (Wildman–Crippen MR) is 103 cm³/mol. The van der Waals surface area contributed by atoms with Crippen LogP contribution in [0.1, 0.15) is 19.4 Å². The highest BCUT2D eigenvalue weighted by molar-refractivity contribution is 7.98. The van der Waals surface area contributed by atoms with E-state index in [1.54, 1.807) is 11.8 Å². The Kier molecular flexibility index (Phi) is 6.00. The van der Waals surface area contributed by atoms with E-state index >= 15 is 0 Å². The average molecular weight is 374 g/mol. The smallest absolute Gasteiger partial charge is 0.191 e. The second-order valence-corrected chi connectivity index (χ2v) is 6.78. The van der Waals surface area contributed by atoms with Gasteiger partial charge in [-0.25, -0.2) is 0 Å². The Bertz CT molecular complexity index is 850. The van der Waals surface area contributed by atoms with Crippen molar-refractivity contribution in [3.8, 4) is 17.1 Å². The summed E-state index contributed by atoms with van der Waals surface area (Å²) in [6.45, 7) is 5.49. The molecule has 0 bridgehead atoms. The van der Waals surface area contributed by atoms with Gasteiger partial charge in [0, 0.05) is 17.3 Å². The Hall–Kier alpha value is -1.98. The highest BCUT2D eigenvalue weighted by Gasteiger charge is 2.16. The Morgan fingerprint density at radius 3 is 2.68 bits per heavy atom. The zero-order chi connectivity index (χ0) is 17.6. The molecular formula is C19H20ClN3OS. The van der Waals surface area contributed by atoms with E-state index < -0.39 is 0 Å². The molecule has 1 heterocycles. The fraction of sp³-hybridized carbons (Fsp3) is 0.263. The molecule has 0 aliphatic rings. The van der Waals surface area contributed by atoms with Gasteiger partial charge >= 0.3 is 0 Å². The number of para-hydroxylation sites is 1. The third kappa shape index (κ3) is 4.17. The van der Waals surface area contributed by atoms with Gasteiger partial charge in [0.15, 0.2) is 11.0 Å². The van der Waals surface area contributed by atoms with Gasteiger partial charge in [-0.3, -0.25) is 0 Å². The molecular weight excluding hydrogens is 354 g/mol. The molecule has 0 amide bonds. The van der Waals surface area contributed by atoms with E-state index in [4.69, 9.17) is 16.3 Å². The quantitative estimate of drug-likeness (QED) is 0.526. The summed E-state index contributed by atoms with van der Waals surface area (Å²) in [4.78, 5) is 0. The van der Waals surface area contributed by atoms with Crippen LogP contribution in [0.3, 0.4) is 0 Å². The number of thioether (sulfide) groups is 1. The minimum absolute atomic E-state index is 0.619. The van der Waals surface area contributed by atoms with Crippen LogP contribution in [0.2, 0.25) is 5.02 Å². The fourth-order valence-electron chi connectivity index (χ4n) is 2.59. The maximum atomic E-state index is 6.06. The maximum absolute atomic E-state index is 6.06. The first-order valence-corrected chi connectivity index (χ1v) is 9.62. The summed E-state index contributed by atoms with van der Waals surface area (Å²) in [6, 6.07) is 15.8. The Balaban J connectivity index is 1.86. The van der Waals surface area contributed by atoms with Gasteiger partial charge < -0.3 is 9.30 Å². The minimum Gasteiger partial charge on any atom is -0.493 e. The molecule has 1 aromatic heterocycles. The second-order valence-electron chi connectivity index (χ2n) is 5.40. The molecule has 0 fully saturated rings. The number of nitrogens with zero attached hydrogens (tertiary/aromatic N) is 3. The molecule has 25 heavy (non-hydrogen) atoms. The predicted octanol–water partition coefficient (Wildman–Crippen LogP) is 5.31. The zero-order valence-corrected chi connectivity index (χ0v) is 15.8. The number of hydrogen-bond donors (Lipinski definition) is 0. The SMILES string of the molecule is CCOc1ccccc1-c1nnc(SCc2cccc(Cl)c2)n1CC. The summed E-state index contributed by atoms with van der Waals surface area (Å²) >= 11 is 7.72. The topological polar surface area (TPSA) is 39.9 Å². The molecule has 6 heteroatoms. The summed E-state index contributed by atoms with van der Waals surface area (Å²) in [7, 11) is 0. The molecule has 4 nitrogen and oxygen atoms in total. The zero-order valence-electron chi connectivity index (χ0n) is 14.3. The van der Waals surface area contributed by atoms with Crippen LogP contribution < -0.4 is 4.74 Å². The standard InChI is InChI=1S/C19H20ClN3OS/c1-3-23-18(16-10-5-6-11-17(16)24-4-2)21-22-19(23)25-13-14-8-7-9-15(20)12-14/h5-12H,3-4,13H2,1-2H3. The Morgan fingerprint density at radius 2 is 1.92 bits per heavy atom. The maximum Gasteiger partial charge on any atom is 0.191 e. The summed E-state index contributed by atoms with van der Waals surface area (Å²) in [5.74, 6) is 2.46. The van der Waals surface area contributed by atoms with Crippen molar-refractivity contribution in [2.75, 3.05) is 6.61 Å². The van der Waals surface area contributed by atoms with Crippen LogP contribution in [0.25, 0.3) is 11.4 Å². The van der Waals surface area contributed by atoms with Crippen molar-refractivity contribution in [2.24, 2.45) is 0 Å². The van der Waals surface area contributed by atoms with E-state index in [0.717, 1.165) is 39.6 Å². The summed E-state index contributed by atoms with van der Waals surface area (Å²) in [5.41, 5.74) is 2.13. The molecule has 0 aliphatic carbocycles. The van der Waals surface area contributed by atoms with Gasteiger partial charge in [0.2, 0.25) is 0 Å². The van der Waals surface area contributed by atoms with Crippen LogP contribution >= 0.6 is 23.4 Å². The van der Waals surface area contributed by atoms with Crippen molar-refractivity contribution >= 4 is 23.4 Å². The number of benzene rings is 2. The number of ether oxygens (including phenoxy) is 1. The number of aromatic nitrogens is 3. The lowest BCUT2D eigenvalue weighted by atomic mass is 10.2.